The average Bonchev–Trinajstić information content (AvgIpc) is 2.53. The second-order valence-corrected chi connectivity index (χ2v) is 7.47. The van der Waals surface area contributed by atoms with Gasteiger partial charge in [0.2, 0.25) is 5.91 Å². The quantitative estimate of drug-likeness (QED) is 0.845. The lowest BCUT2D eigenvalue weighted by molar-refractivity contribution is -0.117. The van der Waals surface area contributed by atoms with E-state index in [4.69, 9.17) is 0 Å². The number of hydrogen-bond acceptors (Lipinski definition) is 3. The van der Waals surface area contributed by atoms with Gasteiger partial charge in [0, 0.05) is 12.3 Å². The van der Waals surface area contributed by atoms with Crippen molar-refractivity contribution in [2.45, 2.75) is 17.9 Å². The molecule has 0 aliphatic carbocycles. The van der Waals surface area contributed by atoms with Crippen molar-refractivity contribution < 1.29 is 17.6 Å². The van der Waals surface area contributed by atoms with Crippen LogP contribution in [0.4, 0.5) is 4.39 Å². The topological polar surface area (TPSA) is 63.2 Å². The molecule has 0 aromatic heterocycles. The third kappa shape index (κ3) is 5.03. The highest BCUT2D eigenvalue weighted by Crippen LogP contribution is 2.16. The van der Waals surface area contributed by atoms with Gasteiger partial charge in [-0.25, -0.2) is 12.8 Å². The SMILES string of the molecule is CC(NC(=O)/C=C/c1ccc(F)cc1)c1ccc(S(C)(=O)=O)cc1. The van der Waals surface area contributed by atoms with Crippen molar-refractivity contribution in [3.8, 4) is 0 Å². The number of amides is 1. The molecule has 0 heterocycles. The van der Waals surface area contributed by atoms with Gasteiger partial charge < -0.3 is 5.32 Å². The molecule has 2 aromatic rings. The van der Waals surface area contributed by atoms with E-state index in [0.29, 0.717) is 0 Å². The summed E-state index contributed by atoms with van der Waals surface area (Å²) in [5, 5.41) is 2.79. The van der Waals surface area contributed by atoms with E-state index in [1.807, 2.05) is 0 Å². The van der Waals surface area contributed by atoms with Gasteiger partial charge in [-0.1, -0.05) is 24.3 Å². The van der Waals surface area contributed by atoms with Crippen LogP contribution in [0.15, 0.2) is 59.5 Å². The molecule has 1 N–H and O–H groups in total. The van der Waals surface area contributed by atoms with E-state index >= 15 is 0 Å². The van der Waals surface area contributed by atoms with Gasteiger partial charge in [-0.15, -0.1) is 0 Å². The molecule has 1 atom stereocenters. The Morgan fingerprint density at radius 3 is 2.21 bits per heavy atom. The molecule has 0 saturated carbocycles. The number of benzene rings is 2. The summed E-state index contributed by atoms with van der Waals surface area (Å²) >= 11 is 0. The molecule has 1 amide bonds. The molecule has 0 saturated heterocycles. The zero-order valence-corrected chi connectivity index (χ0v) is 14.2. The van der Waals surface area contributed by atoms with Gasteiger partial charge in [-0.3, -0.25) is 4.79 Å². The predicted molar refractivity (Wildman–Crippen MR) is 91.5 cm³/mol. The van der Waals surface area contributed by atoms with Crippen LogP contribution in [-0.4, -0.2) is 20.6 Å². The van der Waals surface area contributed by atoms with Crippen LogP contribution >= 0.6 is 0 Å². The van der Waals surface area contributed by atoms with Gasteiger partial charge in [0.25, 0.3) is 0 Å². The van der Waals surface area contributed by atoms with Crippen LogP contribution in [0.3, 0.4) is 0 Å². The highest BCUT2D eigenvalue weighted by atomic mass is 32.2. The Bertz CT molecular complexity index is 841. The molecule has 0 fully saturated rings. The predicted octanol–water partition coefficient (Wildman–Crippen LogP) is 3.12. The minimum Gasteiger partial charge on any atom is -0.346 e. The van der Waals surface area contributed by atoms with Crippen LogP contribution in [0.5, 0.6) is 0 Å². The van der Waals surface area contributed by atoms with E-state index in [9.17, 15) is 17.6 Å². The number of sulfone groups is 1. The first-order valence-corrected chi connectivity index (χ1v) is 9.19. The molecule has 126 valence electrons. The zero-order valence-electron chi connectivity index (χ0n) is 13.4. The number of hydrogen-bond donors (Lipinski definition) is 1. The van der Waals surface area contributed by atoms with E-state index < -0.39 is 9.84 Å². The van der Waals surface area contributed by atoms with Crippen molar-refractivity contribution in [1.82, 2.24) is 5.32 Å². The van der Waals surface area contributed by atoms with Crippen molar-refractivity contribution in [2.24, 2.45) is 0 Å². The molecular formula is C18H18FNO3S. The number of carbonyl (C=O) groups is 1. The minimum absolute atomic E-state index is 0.237. The highest BCUT2D eigenvalue weighted by molar-refractivity contribution is 7.90. The Kier molecular flexibility index (Phi) is 5.51. The summed E-state index contributed by atoms with van der Waals surface area (Å²) in [7, 11) is -3.24. The molecule has 1 unspecified atom stereocenters. The molecule has 0 spiro atoms. The molecule has 2 aromatic carbocycles. The van der Waals surface area contributed by atoms with Crippen LogP contribution in [0.2, 0.25) is 0 Å². The normalized spacial score (nSPS) is 13.0. The molecule has 4 nitrogen and oxygen atoms in total. The van der Waals surface area contributed by atoms with Crippen molar-refractivity contribution in [3.05, 3.63) is 71.6 Å². The summed E-state index contributed by atoms with van der Waals surface area (Å²) in [4.78, 5) is 12.2. The fourth-order valence-electron chi connectivity index (χ4n) is 2.09. The summed E-state index contributed by atoms with van der Waals surface area (Å²) in [6.45, 7) is 1.80. The number of carbonyl (C=O) groups excluding carboxylic acids is 1. The van der Waals surface area contributed by atoms with Crippen LogP contribution < -0.4 is 5.32 Å². The van der Waals surface area contributed by atoms with Crippen LogP contribution in [-0.2, 0) is 14.6 Å². The third-order valence-corrected chi connectivity index (χ3v) is 4.59. The van der Waals surface area contributed by atoms with Gasteiger partial charge in [0.15, 0.2) is 9.84 Å². The molecule has 0 aliphatic heterocycles. The van der Waals surface area contributed by atoms with E-state index in [1.54, 1.807) is 37.3 Å². The van der Waals surface area contributed by atoms with Crippen molar-refractivity contribution in [2.75, 3.05) is 6.26 Å². The molecule has 0 aliphatic rings. The molecule has 0 bridgehead atoms. The van der Waals surface area contributed by atoms with Crippen molar-refractivity contribution in [3.63, 3.8) is 0 Å². The second kappa shape index (κ2) is 7.40. The van der Waals surface area contributed by atoms with Gasteiger partial charge in [0.1, 0.15) is 5.82 Å². The lowest BCUT2D eigenvalue weighted by Gasteiger charge is -2.13. The Labute approximate surface area is 140 Å². The van der Waals surface area contributed by atoms with Crippen molar-refractivity contribution >= 4 is 21.8 Å². The van der Waals surface area contributed by atoms with Crippen molar-refractivity contribution in [1.29, 1.82) is 0 Å². The van der Waals surface area contributed by atoms with Gasteiger partial charge in [0.05, 0.1) is 10.9 Å². The minimum atomic E-state index is -3.24. The standard InChI is InChI=1S/C18H18FNO3S/c1-13(15-6-10-17(11-7-15)24(2,22)23)20-18(21)12-5-14-3-8-16(19)9-4-14/h3-13H,1-2H3,(H,20,21)/b12-5+. The second-order valence-electron chi connectivity index (χ2n) is 5.46. The van der Waals surface area contributed by atoms with E-state index in [0.717, 1.165) is 17.4 Å². The fourth-order valence-corrected chi connectivity index (χ4v) is 2.72. The summed E-state index contributed by atoms with van der Waals surface area (Å²) in [5.41, 5.74) is 1.52. The molecule has 24 heavy (non-hydrogen) atoms. The maximum absolute atomic E-state index is 12.8. The number of rotatable bonds is 5. The summed E-state index contributed by atoms with van der Waals surface area (Å²) < 4.78 is 35.7. The summed E-state index contributed by atoms with van der Waals surface area (Å²) in [6, 6.07) is 11.9. The van der Waals surface area contributed by atoms with Gasteiger partial charge >= 0.3 is 0 Å². The first-order chi connectivity index (χ1) is 11.3. The van der Waals surface area contributed by atoms with E-state index in [1.165, 1.54) is 30.3 Å². The summed E-state index contributed by atoms with van der Waals surface area (Å²) in [5.74, 6) is -0.623. The maximum atomic E-state index is 12.8. The fraction of sp³-hybridized carbons (Fsp3) is 0.167. The Morgan fingerprint density at radius 2 is 1.67 bits per heavy atom. The summed E-state index contributed by atoms with van der Waals surface area (Å²) in [6.07, 6.45) is 4.11. The zero-order chi connectivity index (χ0) is 17.7. The Morgan fingerprint density at radius 1 is 1.08 bits per heavy atom. The lowest BCUT2D eigenvalue weighted by atomic mass is 10.1. The number of nitrogens with one attached hydrogen (secondary N) is 1. The first-order valence-electron chi connectivity index (χ1n) is 7.30. The van der Waals surface area contributed by atoms with Gasteiger partial charge in [-0.05, 0) is 48.4 Å². The van der Waals surface area contributed by atoms with Crippen LogP contribution in [0.1, 0.15) is 24.1 Å². The smallest absolute Gasteiger partial charge is 0.244 e. The number of halogens is 1. The molecule has 0 radical (unpaired) electrons. The van der Waals surface area contributed by atoms with Crippen LogP contribution in [0.25, 0.3) is 6.08 Å². The largest absolute Gasteiger partial charge is 0.346 e. The molecule has 6 heteroatoms. The highest BCUT2D eigenvalue weighted by Gasteiger charge is 2.10. The van der Waals surface area contributed by atoms with E-state index in [2.05, 4.69) is 5.32 Å². The third-order valence-electron chi connectivity index (χ3n) is 3.46. The Hall–Kier alpha value is -2.47. The van der Waals surface area contributed by atoms with E-state index in [-0.39, 0.29) is 22.7 Å². The Balaban J connectivity index is 1.99. The lowest BCUT2D eigenvalue weighted by Crippen LogP contribution is -2.24. The maximum Gasteiger partial charge on any atom is 0.244 e. The first kappa shape index (κ1) is 17.9. The van der Waals surface area contributed by atoms with Gasteiger partial charge in [-0.2, -0.15) is 0 Å². The van der Waals surface area contributed by atoms with Crippen LogP contribution in [0, 0.1) is 5.82 Å². The monoisotopic (exact) mass is 347 g/mol. The average molecular weight is 347 g/mol. The molecular weight excluding hydrogens is 329 g/mol. The molecule has 2 rings (SSSR count).